The van der Waals surface area contributed by atoms with Crippen molar-refractivity contribution < 1.29 is 27.5 Å². The normalized spacial score (nSPS) is 11.2. The van der Waals surface area contributed by atoms with Gasteiger partial charge in [0.1, 0.15) is 22.8 Å². The van der Waals surface area contributed by atoms with Gasteiger partial charge in [-0.25, -0.2) is 28.3 Å². The first-order valence-corrected chi connectivity index (χ1v) is 13.1. The molecule has 0 aliphatic rings. The minimum absolute atomic E-state index is 0.235. The number of benzene rings is 2. The number of pyridine rings is 2. The molecule has 0 aliphatic heterocycles. The number of carbonyl (C=O) groups excluding carboxylic acids is 1. The predicted molar refractivity (Wildman–Crippen MR) is 158 cm³/mol. The Labute approximate surface area is 242 Å². The van der Waals surface area contributed by atoms with Gasteiger partial charge in [0, 0.05) is 56.1 Å². The molecular formula is C32H24F2N4O5. The van der Waals surface area contributed by atoms with E-state index in [1.165, 1.54) is 26.4 Å². The molecule has 0 bridgehead atoms. The molecule has 0 saturated heterocycles. The molecule has 5 aromatic heterocycles. The fourth-order valence-corrected chi connectivity index (χ4v) is 5.16. The van der Waals surface area contributed by atoms with E-state index in [-0.39, 0.29) is 23.0 Å². The second-order valence-corrected chi connectivity index (χ2v) is 9.84. The SMILES string of the molecule is COC(=O)c1[nH]c2cc(F)c(C)cc2c1-c1cccnc1OC.Cc1cc2c(cc1F)[nH]c1c(=O)oc3ncccc3c12. The molecule has 0 spiro atoms. The van der Waals surface area contributed by atoms with Crippen LogP contribution in [-0.2, 0) is 4.74 Å². The first-order valence-electron chi connectivity index (χ1n) is 13.1. The van der Waals surface area contributed by atoms with Gasteiger partial charge >= 0.3 is 11.6 Å². The fraction of sp³-hybridized carbons (Fsp3) is 0.125. The highest BCUT2D eigenvalue weighted by molar-refractivity contribution is 6.18. The minimum Gasteiger partial charge on any atom is -0.481 e. The van der Waals surface area contributed by atoms with E-state index in [1.807, 2.05) is 6.07 Å². The van der Waals surface area contributed by atoms with Crippen molar-refractivity contribution in [2.75, 3.05) is 14.2 Å². The van der Waals surface area contributed by atoms with Crippen LogP contribution in [0.1, 0.15) is 21.6 Å². The molecule has 5 heterocycles. The van der Waals surface area contributed by atoms with Gasteiger partial charge in [0.15, 0.2) is 0 Å². The summed E-state index contributed by atoms with van der Waals surface area (Å²) >= 11 is 0. The molecule has 0 unspecified atom stereocenters. The lowest BCUT2D eigenvalue weighted by Gasteiger charge is -2.08. The van der Waals surface area contributed by atoms with Gasteiger partial charge in [0.05, 0.1) is 14.2 Å². The van der Waals surface area contributed by atoms with Crippen molar-refractivity contribution in [3.8, 4) is 17.0 Å². The molecule has 0 saturated carbocycles. The number of ether oxygens (including phenoxy) is 2. The Bertz CT molecular complexity index is 2270. The van der Waals surface area contributed by atoms with Crippen molar-refractivity contribution in [3.05, 3.63) is 99.8 Å². The van der Waals surface area contributed by atoms with Gasteiger partial charge in [0.25, 0.3) is 0 Å². The Morgan fingerprint density at radius 3 is 2.21 bits per heavy atom. The highest BCUT2D eigenvalue weighted by Gasteiger charge is 2.23. The summed E-state index contributed by atoms with van der Waals surface area (Å²) in [6.07, 6.45) is 3.16. The number of nitrogens with one attached hydrogen (secondary N) is 2. The molecule has 7 aromatic rings. The highest BCUT2D eigenvalue weighted by Crippen LogP contribution is 2.38. The van der Waals surface area contributed by atoms with Crippen LogP contribution in [0.2, 0.25) is 0 Å². The van der Waals surface area contributed by atoms with E-state index in [0.29, 0.717) is 50.1 Å². The second-order valence-electron chi connectivity index (χ2n) is 9.84. The van der Waals surface area contributed by atoms with Gasteiger partial charge in [-0.2, -0.15) is 0 Å². The number of aromatic nitrogens is 4. The van der Waals surface area contributed by atoms with Crippen molar-refractivity contribution in [1.29, 1.82) is 0 Å². The Balaban J connectivity index is 0.000000154. The van der Waals surface area contributed by atoms with Crippen molar-refractivity contribution >= 4 is 49.8 Å². The summed E-state index contributed by atoms with van der Waals surface area (Å²) in [4.78, 5) is 38.2. The van der Waals surface area contributed by atoms with Gasteiger partial charge < -0.3 is 23.9 Å². The van der Waals surface area contributed by atoms with Crippen LogP contribution in [0.15, 0.2) is 70.1 Å². The lowest BCUT2D eigenvalue weighted by atomic mass is 10.0. The third-order valence-electron chi connectivity index (χ3n) is 7.21. The zero-order valence-corrected chi connectivity index (χ0v) is 23.5. The summed E-state index contributed by atoms with van der Waals surface area (Å²) in [7, 11) is 2.80. The predicted octanol–water partition coefficient (Wildman–Crippen LogP) is 6.74. The number of hydrogen-bond acceptors (Lipinski definition) is 7. The summed E-state index contributed by atoms with van der Waals surface area (Å²) in [6, 6.07) is 13.3. The maximum absolute atomic E-state index is 13.8. The van der Waals surface area contributed by atoms with Crippen LogP contribution in [0, 0.1) is 25.5 Å². The lowest BCUT2D eigenvalue weighted by Crippen LogP contribution is -2.04. The number of methoxy groups -OCH3 is 2. The molecule has 2 aromatic carbocycles. The lowest BCUT2D eigenvalue weighted by molar-refractivity contribution is 0.0596. The topological polar surface area (TPSA) is 123 Å². The first-order chi connectivity index (χ1) is 20.7. The van der Waals surface area contributed by atoms with Crippen LogP contribution in [0.5, 0.6) is 5.88 Å². The van der Waals surface area contributed by atoms with E-state index < -0.39 is 11.6 Å². The number of carbonyl (C=O) groups is 1. The van der Waals surface area contributed by atoms with Crippen molar-refractivity contribution in [2.45, 2.75) is 13.8 Å². The molecule has 216 valence electrons. The minimum atomic E-state index is -0.542. The number of halogens is 2. The Hall–Kier alpha value is -5.58. The van der Waals surface area contributed by atoms with Gasteiger partial charge in [-0.15, -0.1) is 0 Å². The number of esters is 1. The Morgan fingerprint density at radius 1 is 0.860 bits per heavy atom. The second kappa shape index (κ2) is 10.7. The maximum Gasteiger partial charge on any atom is 0.362 e. The number of rotatable bonds is 3. The standard InChI is InChI=1S/C17H15FN2O3.C15H9FN2O2/c1-9-7-11-13(8-12(9)18)20-15(17(21)23-3)14(11)10-5-4-6-19-16(10)22-2;1-7-5-9-11(6-10(7)16)18-13-12(9)8-3-2-4-17-14(8)20-15(13)19/h4-8,20H,1-3H3;2-6,18H,1H3. The van der Waals surface area contributed by atoms with E-state index in [1.54, 1.807) is 56.6 Å². The molecule has 0 radical (unpaired) electrons. The molecule has 0 atom stereocenters. The van der Waals surface area contributed by atoms with Gasteiger partial charge in [0.2, 0.25) is 11.6 Å². The monoisotopic (exact) mass is 582 g/mol. The molecule has 0 fully saturated rings. The maximum atomic E-state index is 13.8. The van der Waals surface area contributed by atoms with Gasteiger partial charge in [-0.3, -0.25) is 0 Å². The summed E-state index contributed by atoms with van der Waals surface area (Å²) in [6.45, 7) is 3.36. The van der Waals surface area contributed by atoms with E-state index in [2.05, 4.69) is 19.9 Å². The quantitative estimate of drug-likeness (QED) is 0.221. The zero-order chi connectivity index (χ0) is 30.4. The third kappa shape index (κ3) is 4.64. The van der Waals surface area contributed by atoms with Crippen LogP contribution in [0.4, 0.5) is 8.78 Å². The molecule has 7 rings (SSSR count). The smallest absolute Gasteiger partial charge is 0.362 e. The summed E-state index contributed by atoms with van der Waals surface area (Å²) < 4.78 is 42.8. The van der Waals surface area contributed by atoms with Crippen molar-refractivity contribution in [3.63, 3.8) is 0 Å². The summed E-state index contributed by atoms with van der Waals surface area (Å²) in [5.74, 6) is -0.823. The van der Waals surface area contributed by atoms with Crippen molar-refractivity contribution in [1.82, 2.24) is 19.9 Å². The number of nitrogens with zero attached hydrogens (tertiary/aromatic N) is 2. The first kappa shape index (κ1) is 27.6. The number of aryl methyl sites for hydroxylation is 2. The average Bonchev–Trinajstić information content (AvgIpc) is 3.56. The zero-order valence-electron chi connectivity index (χ0n) is 23.5. The molecular weight excluding hydrogens is 558 g/mol. The molecule has 11 heteroatoms. The Kier molecular flexibility index (Phi) is 6.85. The summed E-state index contributed by atoms with van der Waals surface area (Å²) in [5.41, 5.74) is 3.67. The Morgan fingerprint density at radius 2 is 1.51 bits per heavy atom. The average molecular weight is 583 g/mol. The molecule has 0 aliphatic carbocycles. The molecule has 2 N–H and O–H groups in total. The third-order valence-corrected chi connectivity index (χ3v) is 7.21. The van der Waals surface area contributed by atoms with Gasteiger partial charge in [-0.1, -0.05) is 0 Å². The van der Waals surface area contributed by atoms with Gasteiger partial charge in [-0.05, 0) is 73.5 Å². The number of fused-ring (bicyclic) bond motifs is 6. The van der Waals surface area contributed by atoms with Crippen molar-refractivity contribution in [2.24, 2.45) is 0 Å². The number of hydrogen-bond donors (Lipinski definition) is 2. The highest BCUT2D eigenvalue weighted by atomic mass is 19.1. The van der Waals surface area contributed by atoms with Crippen LogP contribution in [-0.4, -0.2) is 40.1 Å². The fourth-order valence-electron chi connectivity index (χ4n) is 5.16. The van der Waals surface area contributed by atoms with Crippen LogP contribution < -0.4 is 10.4 Å². The van der Waals surface area contributed by atoms with E-state index in [0.717, 1.165) is 16.2 Å². The number of aromatic amines is 2. The van der Waals surface area contributed by atoms with Crippen LogP contribution in [0.3, 0.4) is 0 Å². The van der Waals surface area contributed by atoms with Crippen LogP contribution in [0.25, 0.3) is 54.9 Å². The summed E-state index contributed by atoms with van der Waals surface area (Å²) in [5, 5.41) is 2.96. The van der Waals surface area contributed by atoms with E-state index in [9.17, 15) is 18.4 Å². The molecule has 9 nitrogen and oxygen atoms in total. The molecule has 0 amide bonds. The van der Waals surface area contributed by atoms with E-state index >= 15 is 0 Å². The molecule has 43 heavy (non-hydrogen) atoms. The largest absolute Gasteiger partial charge is 0.481 e. The van der Waals surface area contributed by atoms with E-state index in [4.69, 9.17) is 13.9 Å². The number of H-pyrrole nitrogens is 2. The van der Waals surface area contributed by atoms with Crippen LogP contribution >= 0.6 is 0 Å².